The number of aliphatic imine (C=N–C) groups is 1. The molecule has 0 aliphatic rings. The summed E-state index contributed by atoms with van der Waals surface area (Å²) in [5, 5.41) is 11.0. The molecule has 0 aliphatic carbocycles. The van der Waals surface area contributed by atoms with Gasteiger partial charge in [-0.05, 0) is 30.7 Å². The molecule has 0 radical (unpaired) electrons. The molecule has 0 atom stereocenters. The van der Waals surface area contributed by atoms with Crippen molar-refractivity contribution in [3.63, 3.8) is 0 Å². The molecule has 2 N–H and O–H groups in total. The molecule has 3 rings (SSSR count). The smallest absolute Gasteiger partial charge is 0.418 e. The van der Waals surface area contributed by atoms with Crippen LogP contribution in [0.5, 0.6) is 5.88 Å². The maximum Gasteiger partial charge on any atom is 0.418 e. The zero-order chi connectivity index (χ0) is 22.1. The molecule has 0 saturated heterocycles. The van der Waals surface area contributed by atoms with Gasteiger partial charge >= 0.3 is 11.9 Å². The summed E-state index contributed by atoms with van der Waals surface area (Å²) >= 11 is 6.06. The monoisotopic (exact) mass is 437 g/mol. The van der Waals surface area contributed by atoms with Crippen LogP contribution in [-0.4, -0.2) is 20.4 Å². The molecule has 0 aliphatic heterocycles. The number of H-pyrrole nitrogens is 1. The van der Waals surface area contributed by atoms with Crippen LogP contribution in [-0.2, 0) is 12.7 Å². The average molecular weight is 438 g/mol. The molecule has 0 amide bonds. The number of halogens is 4. The Kier molecular flexibility index (Phi) is 5.84. The van der Waals surface area contributed by atoms with Crippen LogP contribution in [0.1, 0.15) is 23.6 Å². The van der Waals surface area contributed by atoms with E-state index >= 15 is 0 Å². The molecule has 156 valence electrons. The molecular weight excluding hydrogens is 423 g/mol. The van der Waals surface area contributed by atoms with E-state index in [1.165, 1.54) is 13.0 Å². The number of aromatic hydroxyl groups is 1. The lowest BCUT2D eigenvalue weighted by Gasteiger charge is -2.16. The number of para-hydroxylation sites is 1. The van der Waals surface area contributed by atoms with Crippen molar-refractivity contribution in [3.8, 4) is 11.6 Å². The van der Waals surface area contributed by atoms with Gasteiger partial charge in [0.05, 0.1) is 23.5 Å². The molecule has 0 fully saturated rings. The number of nitrogens with zero attached hydrogens (tertiary/aromatic N) is 2. The Hall–Kier alpha value is -3.33. The Morgan fingerprint density at radius 3 is 2.43 bits per heavy atom. The molecule has 3 aromatic rings. The van der Waals surface area contributed by atoms with E-state index < -0.39 is 40.1 Å². The molecule has 0 bridgehead atoms. The summed E-state index contributed by atoms with van der Waals surface area (Å²) in [4.78, 5) is 30.7. The van der Waals surface area contributed by atoms with Gasteiger partial charge in [0, 0.05) is 5.02 Å². The third-order valence-corrected chi connectivity index (χ3v) is 4.71. The second kappa shape index (κ2) is 8.19. The topological polar surface area (TPSA) is 87.4 Å². The van der Waals surface area contributed by atoms with Gasteiger partial charge in [-0.1, -0.05) is 41.9 Å². The molecule has 10 heteroatoms. The van der Waals surface area contributed by atoms with Crippen LogP contribution < -0.4 is 11.2 Å². The van der Waals surface area contributed by atoms with Gasteiger partial charge in [-0.25, -0.2) is 9.36 Å². The highest BCUT2D eigenvalue weighted by Crippen LogP contribution is 2.34. The van der Waals surface area contributed by atoms with E-state index in [-0.39, 0.29) is 12.3 Å². The highest BCUT2D eigenvalue weighted by Gasteiger charge is 2.35. The van der Waals surface area contributed by atoms with E-state index in [0.717, 1.165) is 18.2 Å². The Labute approximate surface area is 172 Å². The first-order valence-corrected chi connectivity index (χ1v) is 8.98. The minimum absolute atomic E-state index is 0.0203. The number of aromatic nitrogens is 2. The summed E-state index contributed by atoms with van der Waals surface area (Å²) in [5.74, 6) is -0.944. The minimum Gasteiger partial charge on any atom is -0.493 e. The molecule has 1 heterocycles. The third-order valence-electron chi connectivity index (χ3n) is 4.34. The van der Waals surface area contributed by atoms with Crippen molar-refractivity contribution in [2.75, 3.05) is 0 Å². The van der Waals surface area contributed by atoms with Crippen molar-refractivity contribution >= 4 is 17.3 Å². The summed E-state index contributed by atoms with van der Waals surface area (Å²) in [7, 11) is 0. The predicted molar refractivity (Wildman–Crippen MR) is 107 cm³/mol. The first-order chi connectivity index (χ1) is 14.1. The highest BCUT2D eigenvalue weighted by atomic mass is 35.5. The van der Waals surface area contributed by atoms with Crippen molar-refractivity contribution < 1.29 is 18.3 Å². The van der Waals surface area contributed by atoms with Gasteiger partial charge in [-0.2, -0.15) is 13.2 Å². The Bertz CT molecular complexity index is 1250. The van der Waals surface area contributed by atoms with E-state index in [1.54, 1.807) is 24.3 Å². The summed E-state index contributed by atoms with van der Waals surface area (Å²) in [5.41, 5.74) is -3.71. The molecule has 30 heavy (non-hydrogen) atoms. The van der Waals surface area contributed by atoms with Gasteiger partial charge in [0.1, 0.15) is 5.56 Å². The van der Waals surface area contributed by atoms with Crippen LogP contribution in [0.4, 0.5) is 13.2 Å². The molecule has 6 nitrogen and oxygen atoms in total. The van der Waals surface area contributed by atoms with Crippen LogP contribution in [0.25, 0.3) is 5.69 Å². The van der Waals surface area contributed by atoms with Crippen LogP contribution in [0, 0.1) is 0 Å². The second-order valence-corrected chi connectivity index (χ2v) is 6.71. The molecule has 1 aromatic heterocycles. The van der Waals surface area contributed by atoms with E-state index in [4.69, 9.17) is 11.6 Å². The van der Waals surface area contributed by atoms with Crippen molar-refractivity contribution in [3.05, 3.63) is 91.1 Å². The van der Waals surface area contributed by atoms with Crippen molar-refractivity contribution in [1.29, 1.82) is 0 Å². The number of benzene rings is 2. The standard InChI is InChI=1S/C20H15ClF3N3O3/c1-11(25-10-12-6-2-4-8-14(12)21)16-17(28)26-19(30)27(18(16)29)15-9-5-3-7-13(15)20(22,23)24/h2-9,29H,10H2,1H3,(H,26,28,30). The largest absolute Gasteiger partial charge is 0.493 e. The lowest BCUT2D eigenvalue weighted by Crippen LogP contribution is -2.33. The molecular formula is C20H15ClF3N3O3. The maximum atomic E-state index is 13.4. The number of rotatable bonds is 4. The fraction of sp³-hybridized carbons (Fsp3) is 0.150. The van der Waals surface area contributed by atoms with Crippen LogP contribution in [0.3, 0.4) is 0 Å². The van der Waals surface area contributed by atoms with Crippen molar-refractivity contribution in [2.24, 2.45) is 4.99 Å². The van der Waals surface area contributed by atoms with Gasteiger partial charge in [-0.15, -0.1) is 0 Å². The summed E-state index contributed by atoms with van der Waals surface area (Å²) in [6.45, 7) is 1.45. The Morgan fingerprint density at radius 2 is 1.77 bits per heavy atom. The lowest BCUT2D eigenvalue weighted by atomic mass is 10.1. The van der Waals surface area contributed by atoms with Gasteiger partial charge in [0.15, 0.2) is 0 Å². The zero-order valence-electron chi connectivity index (χ0n) is 15.5. The van der Waals surface area contributed by atoms with E-state index in [1.807, 2.05) is 4.98 Å². The Balaban J connectivity index is 2.16. The van der Waals surface area contributed by atoms with Gasteiger partial charge in [-0.3, -0.25) is 14.8 Å². The Morgan fingerprint density at radius 1 is 1.13 bits per heavy atom. The second-order valence-electron chi connectivity index (χ2n) is 6.30. The molecule has 2 aromatic carbocycles. The number of alkyl halides is 3. The molecule has 0 saturated carbocycles. The van der Waals surface area contributed by atoms with Crippen LogP contribution in [0.2, 0.25) is 5.02 Å². The van der Waals surface area contributed by atoms with Gasteiger partial charge < -0.3 is 5.11 Å². The fourth-order valence-electron chi connectivity index (χ4n) is 2.89. The van der Waals surface area contributed by atoms with E-state index in [9.17, 15) is 27.9 Å². The quantitative estimate of drug-likeness (QED) is 0.606. The summed E-state index contributed by atoms with van der Waals surface area (Å²) in [6, 6.07) is 11.0. The van der Waals surface area contributed by atoms with Crippen molar-refractivity contribution in [2.45, 2.75) is 19.6 Å². The third kappa shape index (κ3) is 4.16. The first-order valence-electron chi connectivity index (χ1n) is 8.61. The summed E-state index contributed by atoms with van der Waals surface area (Å²) < 4.78 is 40.5. The number of nitrogens with one attached hydrogen (secondary N) is 1. The predicted octanol–water partition coefficient (Wildman–Crippen LogP) is 3.91. The van der Waals surface area contributed by atoms with Crippen LogP contribution in [0.15, 0.2) is 63.1 Å². The van der Waals surface area contributed by atoms with Crippen LogP contribution >= 0.6 is 11.6 Å². The molecule has 0 spiro atoms. The molecule has 0 unspecified atom stereocenters. The lowest BCUT2D eigenvalue weighted by molar-refractivity contribution is -0.137. The van der Waals surface area contributed by atoms with Gasteiger partial charge in [0.25, 0.3) is 5.56 Å². The highest BCUT2D eigenvalue weighted by molar-refractivity contribution is 6.31. The summed E-state index contributed by atoms with van der Waals surface area (Å²) in [6.07, 6.45) is -4.79. The van der Waals surface area contributed by atoms with Gasteiger partial charge in [0.2, 0.25) is 5.88 Å². The normalized spacial score (nSPS) is 12.2. The minimum atomic E-state index is -4.79. The van der Waals surface area contributed by atoms with E-state index in [2.05, 4.69) is 4.99 Å². The fourth-order valence-corrected chi connectivity index (χ4v) is 3.09. The number of hydrogen-bond donors (Lipinski definition) is 2. The SMILES string of the molecule is CC(=NCc1ccccc1Cl)c1c(O)n(-c2ccccc2C(F)(F)F)c(=O)[nH]c1=O. The van der Waals surface area contributed by atoms with E-state index in [0.29, 0.717) is 15.2 Å². The number of hydrogen-bond acceptors (Lipinski definition) is 4. The zero-order valence-corrected chi connectivity index (χ0v) is 16.3. The van der Waals surface area contributed by atoms with Crippen molar-refractivity contribution in [1.82, 2.24) is 9.55 Å². The maximum absolute atomic E-state index is 13.4. The average Bonchev–Trinajstić information content (AvgIpc) is 2.66. The first kappa shape index (κ1) is 21.4. The number of aromatic amines is 1.